The number of carbonyl (C=O) groups excluding carboxylic acids is 1. The van der Waals surface area contributed by atoms with Crippen LogP contribution in [0.15, 0.2) is 24.3 Å². The molecule has 0 atom stereocenters. The van der Waals surface area contributed by atoms with Crippen molar-refractivity contribution < 1.29 is 38.2 Å². The van der Waals surface area contributed by atoms with Crippen molar-refractivity contribution in [2.75, 3.05) is 7.11 Å². The topological polar surface area (TPSA) is 55.8 Å². The first-order chi connectivity index (χ1) is 5.79. The fraction of sp³-hybridized carbons (Fsp3) is 0.125. The van der Waals surface area contributed by atoms with Gasteiger partial charge in [0.15, 0.2) is 5.75 Å². The number of carbonyl (C=O) groups is 1. The Morgan fingerprint density at radius 3 is 2.54 bits per heavy atom. The van der Waals surface area contributed by atoms with E-state index in [1.165, 1.54) is 19.2 Å². The van der Waals surface area contributed by atoms with Crippen molar-refractivity contribution in [2.24, 2.45) is 0 Å². The van der Waals surface area contributed by atoms with E-state index in [1.54, 1.807) is 12.1 Å². The van der Waals surface area contributed by atoms with Crippen molar-refractivity contribution in [1.82, 2.24) is 0 Å². The molecule has 0 fully saturated rings. The Hall–Kier alpha value is -0.966. The second-order valence-corrected chi connectivity index (χ2v) is 2.08. The van der Waals surface area contributed by atoms with Crippen molar-refractivity contribution in [3.63, 3.8) is 0 Å². The molecule has 0 saturated carbocycles. The third kappa shape index (κ3) is 2.77. The van der Waals surface area contributed by atoms with Gasteiger partial charge in [0.2, 0.25) is 0 Å². The van der Waals surface area contributed by atoms with Gasteiger partial charge < -0.3 is 9.62 Å². The van der Waals surface area contributed by atoms with Crippen LogP contribution in [0.2, 0.25) is 0 Å². The Kier molecular flexibility index (Phi) is 5.22. The van der Waals surface area contributed by atoms with E-state index in [9.17, 15) is 4.79 Å². The van der Waals surface area contributed by atoms with E-state index in [0.717, 1.165) is 0 Å². The number of methoxy groups -OCH3 is 1. The van der Waals surface area contributed by atoms with Crippen molar-refractivity contribution >= 4 is 5.97 Å². The summed E-state index contributed by atoms with van der Waals surface area (Å²) in [5, 5.41) is 8.36. The summed E-state index contributed by atoms with van der Waals surface area (Å²) >= 11 is 0. The SMILES string of the molecule is COC(=O)c1ccccc1OO.[V]. The van der Waals surface area contributed by atoms with Crippen LogP contribution >= 0.6 is 0 Å². The Morgan fingerprint density at radius 2 is 2.00 bits per heavy atom. The van der Waals surface area contributed by atoms with E-state index in [2.05, 4.69) is 9.62 Å². The Balaban J connectivity index is 0.00000144. The smallest absolute Gasteiger partial charge is 0.341 e. The third-order valence-electron chi connectivity index (χ3n) is 1.39. The van der Waals surface area contributed by atoms with Gasteiger partial charge in [-0.25, -0.2) is 10.1 Å². The Labute approximate surface area is 87.3 Å². The van der Waals surface area contributed by atoms with Gasteiger partial charge in [-0.2, -0.15) is 0 Å². The van der Waals surface area contributed by atoms with Crippen LogP contribution in [-0.4, -0.2) is 18.3 Å². The zero-order valence-corrected chi connectivity index (χ0v) is 8.33. The summed E-state index contributed by atoms with van der Waals surface area (Å²) in [6, 6.07) is 6.25. The molecule has 0 bridgehead atoms. The number of hydrogen-bond donors (Lipinski definition) is 1. The second-order valence-electron chi connectivity index (χ2n) is 2.08. The summed E-state index contributed by atoms with van der Waals surface area (Å²) in [6.45, 7) is 0. The van der Waals surface area contributed by atoms with Crippen LogP contribution in [0, 0.1) is 0 Å². The largest absolute Gasteiger partial charge is 0.465 e. The molecule has 1 radical (unpaired) electrons. The molecule has 1 aromatic carbocycles. The summed E-state index contributed by atoms with van der Waals surface area (Å²) in [5.41, 5.74) is 0.197. The number of ether oxygens (including phenoxy) is 1. The van der Waals surface area contributed by atoms with Gasteiger partial charge in [-0.15, -0.1) is 0 Å². The molecule has 0 heterocycles. The molecule has 0 saturated heterocycles. The van der Waals surface area contributed by atoms with Gasteiger partial charge in [0.25, 0.3) is 0 Å². The fourth-order valence-corrected chi connectivity index (χ4v) is 0.825. The normalized spacial score (nSPS) is 8.46. The molecule has 0 amide bonds. The maximum Gasteiger partial charge on any atom is 0.341 e. The molecular weight excluding hydrogens is 211 g/mol. The van der Waals surface area contributed by atoms with Crippen LogP contribution in [0.4, 0.5) is 0 Å². The maximum atomic E-state index is 11.0. The monoisotopic (exact) mass is 219 g/mol. The van der Waals surface area contributed by atoms with Crippen LogP contribution in [-0.2, 0) is 23.3 Å². The maximum absolute atomic E-state index is 11.0. The van der Waals surface area contributed by atoms with Crippen LogP contribution in [0.3, 0.4) is 0 Å². The van der Waals surface area contributed by atoms with Gasteiger partial charge in [0, 0.05) is 18.6 Å². The first-order valence-corrected chi connectivity index (χ1v) is 3.28. The average molecular weight is 219 g/mol. The van der Waals surface area contributed by atoms with Gasteiger partial charge in [-0.3, -0.25) is 0 Å². The zero-order valence-electron chi connectivity index (χ0n) is 6.93. The predicted molar refractivity (Wildman–Crippen MR) is 41.0 cm³/mol. The molecule has 0 unspecified atom stereocenters. The molecule has 0 aliphatic rings. The average Bonchev–Trinajstić information content (AvgIpc) is 2.16. The van der Waals surface area contributed by atoms with Crippen LogP contribution in [0.25, 0.3) is 0 Å². The first-order valence-electron chi connectivity index (χ1n) is 3.28. The van der Waals surface area contributed by atoms with Crippen LogP contribution in [0.5, 0.6) is 5.75 Å². The Morgan fingerprint density at radius 1 is 1.38 bits per heavy atom. The van der Waals surface area contributed by atoms with Gasteiger partial charge in [0.1, 0.15) is 5.56 Å². The molecule has 1 rings (SSSR count). The molecule has 1 aromatic rings. The minimum absolute atomic E-state index is 0. The van der Waals surface area contributed by atoms with Gasteiger partial charge in [0.05, 0.1) is 7.11 Å². The molecular formula is C8H8O4V. The Bertz CT molecular complexity index is 287. The molecule has 0 aromatic heterocycles. The molecule has 0 aliphatic carbocycles. The molecule has 0 spiro atoms. The van der Waals surface area contributed by atoms with Crippen molar-refractivity contribution in [3.8, 4) is 5.75 Å². The van der Waals surface area contributed by atoms with Gasteiger partial charge in [-0.05, 0) is 12.1 Å². The summed E-state index contributed by atoms with van der Waals surface area (Å²) in [4.78, 5) is 14.9. The summed E-state index contributed by atoms with van der Waals surface area (Å²) in [6.07, 6.45) is 0. The first kappa shape index (κ1) is 12.0. The minimum atomic E-state index is -0.542. The van der Waals surface area contributed by atoms with Crippen LogP contribution in [0.1, 0.15) is 10.4 Å². The standard InChI is InChI=1S/C8H8O4.V/c1-11-8(9)6-4-2-3-5-7(6)12-10;/h2-5,10H,1H3;. The third-order valence-corrected chi connectivity index (χ3v) is 1.39. The molecule has 5 heteroatoms. The number of hydrogen-bond acceptors (Lipinski definition) is 4. The minimum Gasteiger partial charge on any atom is -0.465 e. The van der Waals surface area contributed by atoms with E-state index in [-0.39, 0.29) is 29.9 Å². The molecule has 69 valence electrons. The van der Waals surface area contributed by atoms with E-state index in [0.29, 0.717) is 0 Å². The van der Waals surface area contributed by atoms with Crippen LogP contribution < -0.4 is 4.89 Å². The number of esters is 1. The fourth-order valence-electron chi connectivity index (χ4n) is 0.825. The van der Waals surface area contributed by atoms with Crippen molar-refractivity contribution in [1.29, 1.82) is 0 Å². The number of para-hydroxylation sites is 1. The zero-order chi connectivity index (χ0) is 8.97. The van der Waals surface area contributed by atoms with E-state index in [4.69, 9.17) is 5.26 Å². The van der Waals surface area contributed by atoms with Crippen molar-refractivity contribution in [2.45, 2.75) is 0 Å². The molecule has 4 nitrogen and oxygen atoms in total. The summed E-state index contributed by atoms with van der Waals surface area (Å²) in [7, 11) is 1.26. The van der Waals surface area contributed by atoms with E-state index >= 15 is 0 Å². The summed E-state index contributed by atoms with van der Waals surface area (Å²) in [5.74, 6) is -0.455. The van der Waals surface area contributed by atoms with Crippen molar-refractivity contribution in [3.05, 3.63) is 29.8 Å². The molecule has 1 N–H and O–H groups in total. The second kappa shape index (κ2) is 5.64. The van der Waals surface area contributed by atoms with Gasteiger partial charge in [-0.1, -0.05) is 12.1 Å². The number of benzene rings is 1. The predicted octanol–water partition coefficient (Wildman–Crippen LogP) is 1.32. The number of rotatable bonds is 2. The van der Waals surface area contributed by atoms with Gasteiger partial charge >= 0.3 is 5.97 Å². The summed E-state index contributed by atoms with van der Waals surface area (Å²) < 4.78 is 4.45. The van der Waals surface area contributed by atoms with E-state index in [1.807, 2.05) is 0 Å². The molecule has 0 aliphatic heterocycles. The quantitative estimate of drug-likeness (QED) is 0.463. The molecule has 13 heavy (non-hydrogen) atoms. The van der Waals surface area contributed by atoms with E-state index < -0.39 is 5.97 Å².